The minimum Gasteiger partial charge on any atom is -0.543 e. The molecule has 0 spiro atoms. The van der Waals surface area contributed by atoms with E-state index < -0.39 is 36.8 Å². The molecular formula is C38H52N2O7Si. The Hall–Kier alpha value is -4.18. The molecule has 0 aromatic heterocycles. The van der Waals surface area contributed by atoms with Crippen molar-refractivity contribution in [3.63, 3.8) is 0 Å². The van der Waals surface area contributed by atoms with Crippen LogP contribution in [-0.2, 0) is 22.4 Å². The molecule has 0 unspecified atom stereocenters. The summed E-state index contributed by atoms with van der Waals surface area (Å²) >= 11 is 0. The largest absolute Gasteiger partial charge is 0.543 e. The Morgan fingerprint density at radius 1 is 0.833 bits per heavy atom. The molecule has 0 saturated heterocycles. The number of aryl methyl sites for hydroxylation is 1. The number of ether oxygens (including phenoxy) is 2. The molecule has 260 valence electrons. The molecule has 1 N–H and O–H groups in total. The normalized spacial score (nSPS) is 12.6. The van der Waals surface area contributed by atoms with Gasteiger partial charge in [-0.05, 0) is 79.6 Å². The zero-order valence-corrected chi connectivity index (χ0v) is 30.9. The van der Waals surface area contributed by atoms with E-state index in [0.29, 0.717) is 35.9 Å². The van der Waals surface area contributed by atoms with Crippen molar-refractivity contribution in [2.24, 2.45) is 0 Å². The Labute approximate surface area is 286 Å². The first-order chi connectivity index (χ1) is 22.5. The number of carbonyl (C=O) groups excluding carboxylic acids is 2. The van der Waals surface area contributed by atoms with Crippen LogP contribution in [0.2, 0.25) is 16.6 Å². The minimum absolute atomic E-state index is 0.0241. The number of amides is 1. The molecule has 1 amide bonds. The van der Waals surface area contributed by atoms with Gasteiger partial charge in [0.25, 0.3) is 14.2 Å². The van der Waals surface area contributed by atoms with Crippen LogP contribution >= 0.6 is 0 Å². The predicted molar refractivity (Wildman–Crippen MR) is 192 cm³/mol. The van der Waals surface area contributed by atoms with Gasteiger partial charge in [0.15, 0.2) is 5.75 Å². The van der Waals surface area contributed by atoms with Crippen LogP contribution in [0.3, 0.4) is 0 Å². The summed E-state index contributed by atoms with van der Waals surface area (Å²) in [5, 5.41) is 14.6. The molecule has 0 radical (unpaired) electrons. The van der Waals surface area contributed by atoms with Crippen LogP contribution in [0.15, 0.2) is 72.8 Å². The van der Waals surface area contributed by atoms with Crippen LogP contribution in [0.1, 0.15) is 90.2 Å². The molecule has 0 bridgehead atoms. The highest BCUT2D eigenvalue weighted by Crippen LogP contribution is 2.42. The standard InChI is InChI=1S/C38H52N2O7Si/c1-26(2)48(27(3)4,28(5)6)47-32-17-13-16-30(24-32)22-23-45-35-25-31(19-21-34(35)40(43)44)36(41)39-33(37(42)46-38(7,8)9)20-18-29-14-11-10-12-15-29/h10-17,19,21,24-28,33H,18,20,22-23H2,1-9H3,(H,39,41)/t33-/m0/s1. The Morgan fingerprint density at radius 3 is 2.04 bits per heavy atom. The van der Waals surface area contributed by atoms with Gasteiger partial charge in [-0.1, -0.05) is 84.0 Å². The summed E-state index contributed by atoms with van der Waals surface area (Å²) in [4.78, 5) is 37.8. The number of nitrogens with zero attached hydrogens (tertiary/aromatic N) is 1. The summed E-state index contributed by atoms with van der Waals surface area (Å²) in [6.07, 6.45) is 1.34. The first-order valence-corrected chi connectivity index (χ1v) is 18.9. The van der Waals surface area contributed by atoms with Crippen molar-refractivity contribution in [1.82, 2.24) is 5.32 Å². The quantitative estimate of drug-likeness (QED) is 0.0697. The Bertz CT molecular complexity index is 1510. The number of nitro groups is 1. The van der Waals surface area contributed by atoms with Crippen molar-refractivity contribution >= 4 is 25.9 Å². The molecule has 10 heteroatoms. The van der Waals surface area contributed by atoms with Crippen molar-refractivity contribution in [2.75, 3.05) is 6.61 Å². The minimum atomic E-state index is -2.14. The second-order valence-electron chi connectivity index (χ2n) is 14.2. The lowest BCUT2D eigenvalue weighted by atomic mass is 10.0. The third-order valence-electron chi connectivity index (χ3n) is 8.53. The maximum atomic E-state index is 13.4. The van der Waals surface area contributed by atoms with Gasteiger partial charge in [-0.15, -0.1) is 0 Å². The van der Waals surface area contributed by atoms with Gasteiger partial charge in [0, 0.05) is 24.1 Å². The van der Waals surface area contributed by atoms with E-state index in [1.807, 2.05) is 54.6 Å². The summed E-state index contributed by atoms with van der Waals surface area (Å²) < 4.78 is 18.3. The smallest absolute Gasteiger partial charge is 0.329 e. The average Bonchev–Trinajstić information content (AvgIpc) is 3.01. The fourth-order valence-corrected chi connectivity index (χ4v) is 11.6. The lowest BCUT2D eigenvalue weighted by molar-refractivity contribution is -0.385. The Kier molecular flexibility index (Phi) is 13.4. The third-order valence-corrected chi connectivity index (χ3v) is 14.5. The van der Waals surface area contributed by atoms with Gasteiger partial charge < -0.3 is 19.2 Å². The van der Waals surface area contributed by atoms with Crippen LogP contribution in [-0.4, -0.2) is 43.4 Å². The zero-order valence-electron chi connectivity index (χ0n) is 29.9. The van der Waals surface area contributed by atoms with Gasteiger partial charge in [-0.2, -0.15) is 0 Å². The molecule has 48 heavy (non-hydrogen) atoms. The number of carbonyl (C=O) groups is 2. The van der Waals surface area contributed by atoms with Crippen molar-refractivity contribution in [3.05, 3.63) is 99.6 Å². The fourth-order valence-electron chi connectivity index (χ4n) is 6.34. The Morgan fingerprint density at radius 2 is 1.46 bits per heavy atom. The second-order valence-corrected chi connectivity index (χ2v) is 19.6. The lowest BCUT2D eigenvalue weighted by Crippen LogP contribution is -2.50. The van der Waals surface area contributed by atoms with Gasteiger partial charge >= 0.3 is 11.7 Å². The van der Waals surface area contributed by atoms with E-state index >= 15 is 0 Å². The summed E-state index contributed by atoms with van der Waals surface area (Å²) in [5.41, 5.74) is 2.42. The number of rotatable bonds is 16. The number of nitro benzene ring substituents is 1. The van der Waals surface area contributed by atoms with E-state index in [2.05, 4.69) is 46.9 Å². The molecule has 9 nitrogen and oxygen atoms in total. The van der Waals surface area contributed by atoms with E-state index in [0.717, 1.165) is 16.9 Å². The van der Waals surface area contributed by atoms with Crippen LogP contribution in [0.25, 0.3) is 0 Å². The monoisotopic (exact) mass is 676 g/mol. The molecular weight excluding hydrogens is 625 g/mol. The summed E-state index contributed by atoms with van der Waals surface area (Å²) in [6.45, 7) is 18.9. The van der Waals surface area contributed by atoms with Gasteiger partial charge in [-0.3, -0.25) is 14.9 Å². The van der Waals surface area contributed by atoms with Crippen molar-refractivity contribution in [1.29, 1.82) is 0 Å². The highest BCUT2D eigenvalue weighted by atomic mass is 28.4. The molecule has 3 rings (SSSR count). The maximum Gasteiger partial charge on any atom is 0.329 e. The number of hydrogen-bond donors (Lipinski definition) is 1. The highest BCUT2D eigenvalue weighted by molar-refractivity contribution is 6.78. The Balaban J connectivity index is 1.76. The van der Waals surface area contributed by atoms with Gasteiger partial charge in [0.05, 0.1) is 11.5 Å². The molecule has 1 atom stereocenters. The molecule has 3 aromatic carbocycles. The fraction of sp³-hybridized carbons (Fsp3) is 0.474. The third kappa shape index (κ3) is 10.4. The van der Waals surface area contributed by atoms with Crippen molar-refractivity contribution < 1.29 is 28.4 Å². The molecule has 0 saturated carbocycles. The predicted octanol–water partition coefficient (Wildman–Crippen LogP) is 8.84. The van der Waals surface area contributed by atoms with Crippen LogP contribution in [0, 0.1) is 10.1 Å². The van der Waals surface area contributed by atoms with Gasteiger partial charge in [-0.25, -0.2) is 4.79 Å². The molecule has 0 heterocycles. The average molecular weight is 677 g/mol. The first kappa shape index (κ1) is 38.3. The van der Waals surface area contributed by atoms with Crippen molar-refractivity contribution in [2.45, 2.75) is 110 Å². The first-order valence-electron chi connectivity index (χ1n) is 16.8. The van der Waals surface area contributed by atoms with E-state index in [1.165, 1.54) is 18.2 Å². The van der Waals surface area contributed by atoms with E-state index in [4.69, 9.17) is 13.9 Å². The molecule has 0 fully saturated rings. The summed E-state index contributed by atoms with van der Waals surface area (Å²) in [5.74, 6) is -0.307. The summed E-state index contributed by atoms with van der Waals surface area (Å²) in [7, 11) is -2.14. The molecule has 0 aliphatic heterocycles. The molecule has 0 aliphatic rings. The molecule has 0 aliphatic carbocycles. The maximum absolute atomic E-state index is 13.4. The van der Waals surface area contributed by atoms with Gasteiger partial charge in [0.2, 0.25) is 0 Å². The second kappa shape index (κ2) is 16.8. The van der Waals surface area contributed by atoms with Crippen LogP contribution in [0.4, 0.5) is 5.69 Å². The highest BCUT2D eigenvalue weighted by Gasteiger charge is 2.47. The van der Waals surface area contributed by atoms with Gasteiger partial charge in [0.1, 0.15) is 17.4 Å². The van der Waals surface area contributed by atoms with Crippen LogP contribution < -0.4 is 14.5 Å². The van der Waals surface area contributed by atoms with E-state index in [1.54, 1.807) is 20.8 Å². The number of hydrogen-bond acceptors (Lipinski definition) is 7. The topological polar surface area (TPSA) is 117 Å². The number of nitrogens with one attached hydrogen (secondary N) is 1. The van der Waals surface area contributed by atoms with E-state index in [9.17, 15) is 19.7 Å². The van der Waals surface area contributed by atoms with Crippen LogP contribution in [0.5, 0.6) is 11.5 Å². The van der Waals surface area contributed by atoms with E-state index in [-0.39, 0.29) is 23.6 Å². The number of esters is 1. The molecule has 3 aromatic rings. The SMILES string of the molecule is CC(C)[Si](Oc1cccc(CCOc2cc(C(=O)N[C@@H](CCc3ccccc3)C(=O)OC(C)(C)C)ccc2[N+](=O)[O-])c1)(C(C)C)C(C)C. The lowest BCUT2D eigenvalue weighted by Gasteiger charge is -2.42. The zero-order chi connectivity index (χ0) is 35.6. The van der Waals surface area contributed by atoms with Crippen molar-refractivity contribution in [3.8, 4) is 11.5 Å². The summed E-state index contributed by atoms with van der Waals surface area (Å²) in [6, 6.07) is 20.6. The number of benzene rings is 3.